The molecule has 1 aromatic heterocycles. The maximum absolute atomic E-state index is 11.9. The summed E-state index contributed by atoms with van der Waals surface area (Å²) in [6, 6.07) is 1.84. The Hall–Kier alpha value is -1.03. The van der Waals surface area contributed by atoms with E-state index in [-0.39, 0.29) is 5.91 Å². The lowest BCUT2D eigenvalue weighted by molar-refractivity contribution is 0.0947. The zero-order chi connectivity index (χ0) is 12.1. The quantitative estimate of drug-likeness (QED) is 0.829. The average Bonchev–Trinajstić information content (AvgIpc) is 2.56. The molecule has 0 saturated carbocycles. The number of aryl methyl sites for hydroxylation is 1. The van der Waals surface area contributed by atoms with Gasteiger partial charge >= 0.3 is 0 Å². The number of rotatable bonds is 5. The van der Waals surface area contributed by atoms with Crippen molar-refractivity contribution in [3.8, 4) is 0 Å². The Morgan fingerprint density at radius 2 is 2.31 bits per heavy atom. The van der Waals surface area contributed by atoms with Gasteiger partial charge in [-0.3, -0.25) is 4.79 Å². The van der Waals surface area contributed by atoms with E-state index in [2.05, 4.69) is 34.7 Å². The minimum absolute atomic E-state index is 0.0536. The summed E-state index contributed by atoms with van der Waals surface area (Å²) >= 11 is 3.38. The molecule has 0 fully saturated rings. The normalized spacial score (nSPS) is 10.2. The molecule has 0 bridgehead atoms. The highest BCUT2D eigenvalue weighted by Gasteiger charge is 2.11. The first-order valence-electron chi connectivity index (χ1n) is 5.32. The van der Waals surface area contributed by atoms with Crippen molar-refractivity contribution in [2.75, 3.05) is 6.54 Å². The van der Waals surface area contributed by atoms with Crippen LogP contribution in [-0.2, 0) is 6.54 Å². The molecule has 0 aliphatic heterocycles. The van der Waals surface area contributed by atoms with Crippen molar-refractivity contribution in [2.24, 2.45) is 0 Å². The first-order valence-corrected chi connectivity index (χ1v) is 6.12. The van der Waals surface area contributed by atoms with Gasteiger partial charge in [0.2, 0.25) is 0 Å². The van der Waals surface area contributed by atoms with Crippen LogP contribution in [0.2, 0.25) is 0 Å². The zero-order valence-corrected chi connectivity index (χ0v) is 11.3. The Balaban J connectivity index is 2.77. The summed E-state index contributed by atoms with van der Waals surface area (Å²) in [7, 11) is 0. The lowest BCUT2D eigenvalue weighted by Gasteiger charge is -2.08. The maximum Gasteiger partial charge on any atom is 0.268 e. The molecule has 1 rings (SSSR count). The number of nitrogens with zero attached hydrogens (tertiary/aromatic N) is 1. The van der Waals surface area contributed by atoms with Gasteiger partial charge in [0.25, 0.3) is 5.91 Å². The van der Waals surface area contributed by atoms with E-state index in [9.17, 15) is 4.79 Å². The van der Waals surface area contributed by atoms with E-state index in [0.29, 0.717) is 12.2 Å². The number of hydrogen-bond donors (Lipinski definition) is 1. The van der Waals surface area contributed by atoms with Gasteiger partial charge in [-0.15, -0.1) is 0 Å². The number of nitrogens with one attached hydrogen (secondary N) is 1. The number of amides is 1. The number of carbonyl (C=O) groups excluding carboxylic acids is 1. The van der Waals surface area contributed by atoms with Gasteiger partial charge in [0.05, 0.1) is 0 Å². The second-order valence-electron chi connectivity index (χ2n) is 3.88. The van der Waals surface area contributed by atoms with Gasteiger partial charge < -0.3 is 9.88 Å². The molecule has 4 heteroatoms. The molecule has 0 saturated heterocycles. The second-order valence-corrected chi connectivity index (χ2v) is 4.79. The van der Waals surface area contributed by atoms with Crippen LogP contribution in [0.15, 0.2) is 28.9 Å². The molecule has 1 amide bonds. The van der Waals surface area contributed by atoms with Gasteiger partial charge in [-0.2, -0.15) is 0 Å². The highest BCUT2D eigenvalue weighted by atomic mass is 79.9. The Bertz CT molecular complexity index is 396. The molecule has 0 aromatic carbocycles. The monoisotopic (exact) mass is 284 g/mol. The fraction of sp³-hybridized carbons (Fsp3) is 0.417. The van der Waals surface area contributed by atoms with E-state index in [1.807, 2.05) is 23.8 Å². The summed E-state index contributed by atoms with van der Waals surface area (Å²) in [5.74, 6) is -0.0536. The summed E-state index contributed by atoms with van der Waals surface area (Å²) < 4.78 is 2.89. The Morgan fingerprint density at radius 1 is 1.62 bits per heavy atom. The zero-order valence-electron chi connectivity index (χ0n) is 9.72. The first-order chi connectivity index (χ1) is 7.54. The third-order valence-electron chi connectivity index (χ3n) is 2.11. The number of carbonyl (C=O) groups is 1. The largest absolute Gasteiger partial charge is 0.347 e. The van der Waals surface area contributed by atoms with Crippen LogP contribution in [0.25, 0.3) is 0 Å². The Morgan fingerprint density at radius 3 is 2.88 bits per heavy atom. The highest BCUT2D eigenvalue weighted by Crippen LogP contribution is 2.15. The van der Waals surface area contributed by atoms with Crippen LogP contribution >= 0.6 is 15.9 Å². The van der Waals surface area contributed by atoms with E-state index < -0.39 is 0 Å². The van der Waals surface area contributed by atoms with Crippen molar-refractivity contribution in [1.82, 2.24) is 9.88 Å². The van der Waals surface area contributed by atoms with Crippen molar-refractivity contribution in [2.45, 2.75) is 26.8 Å². The fourth-order valence-electron chi connectivity index (χ4n) is 1.41. The van der Waals surface area contributed by atoms with Crippen molar-refractivity contribution in [3.63, 3.8) is 0 Å². The summed E-state index contributed by atoms with van der Waals surface area (Å²) in [5.41, 5.74) is 1.64. The lowest BCUT2D eigenvalue weighted by atomic mass is 10.3. The molecule has 1 N–H and O–H groups in total. The van der Waals surface area contributed by atoms with E-state index in [1.54, 1.807) is 0 Å². The molecule has 1 heterocycles. The van der Waals surface area contributed by atoms with Crippen LogP contribution in [0.5, 0.6) is 0 Å². The third-order valence-corrected chi connectivity index (χ3v) is 2.54. The van der Waals surface area contributed by atoms with Crippen molar-refractivity contribution >= 4 is 21.8 Å². The van der Waals surface area contributed by atoms with Crippen LogP contribution in [0, 0.1) is 0 Å². The van der Waals surface area contributed by atoms with E-state index in [0.717, 1.165) is 23.0 Å². The van der Waals surface area contributed by atoms with Gasteiger partial charge in [0.15, 0.2) is 0 Å². The Kier molecular flexibility index (Phi) is 4.80. The van der Waals surface area contributed by atoms with E-state index >= 15 is 0 Å². The van der Waals surface area contributed by atoms with E-state index in [4.69, 9.17) is 0 Å². The lowest BCUT2D eigenvalue weighted by Crippen LogP contribution is -2.27. The van der Waals surface area contributed by atoms with Crippen LogP contribution in [0.4, 0.5) is 0 Å². The Labute approximate surface area is 105 Å². The molecule has 0 aliphatic carbocycles. The predicted molar refractivity (Wildman–Crippen MR) is 69.6 cm³/mol. The summed E-state index contributed by atoms with van der Waals surface area (Å²) in [6.45, 7) is 9.10. The van der Waals surface area contributed by atoms with Crippen LogP contribution in [-0.4, -0.2) is 17.0 Å². The summed E-state index contributed by atoms with van der Waals surface area (Å²) in [4.78, 5) is 11.9. The topological polar surface area (TPSA) is 34.0 Å². The van der Waals surface area contributed by atoms with Crippen molar-refractivity contribution in [3.05, 3.63) is 34.6 Å². The molecule has 0 spiro atoms. The van der Waals surface area contributed by atoms with Gasteiger partial charge in [0, 0.05) is 23.8 Å². The molecular formula is C12H17BrN2O. The molecule has 88 valence electrons. The smallest absolute Gasteiger partial charge is 0.268 e. The first kappa shape index (κ1) is 13.0. The highest BCUT2D eigenvalue weighted by molar-refractivity contribution is 9.10. The third kappa shape index (κ3) is 3.52. The van der Waals surface area contributed by atoms with E-state index in [1.165, 1.54) is 0 Å². The predicted octanol–water partition coefficient (Wildman–Crippen LogP) is 2.97. The average molecular weight is 285 g/mol. The molecule has 0 radical (unpaired) electrons. The van der Waals surface area contributed by atoms with Crippen LogP contribution < -0.4 is 5.32 Å². The number of halogens is 1. The standard InChI is InChI=1S/C12H17BrN2O/c1-4-5-15-8-10(13)6-11(15)12(16)14-7-9(2)3/h6,8H,2,4-5,7H2,1,3H3,(H,14,16). The second kappa shape index (κ2) is 5.89. The molecular weight excluding hydrogens is 268 g/mol. The molecule has 0 aliphatic rings. The number of hydrogen-bond acceptors (Lipinski definition) is 1. The minimum atomic E-state index is -0.0536. The van der Waals surface area contributed by atoms with Crippen LogP contribution in [0.3, 0.4) is 0 Å². The van der Waals surface area contributed by atoms with Gasteiger partial charge in [-0.05, 0) is 35.3 Å². The van der Waals surface area contributed by atoms with Gasteiger partial charge in [-0.1, -0.05) is 19.1 Å². The molecule has 0 atom stereocenters. The SMILES string of the molecule is C=C(C)CNC(=O)c1cc(Br)cn1CCC. The molecule has 16 heavy (non-hydrogen) atoms. The van der Waals surface area contributed by atoms with Crippen LogP contribution in [0.1, 0.15) is 30.8 Å². The molecule has 0 unspecified atom stereocenters. The molecule has 1 aromatic rings. The van der Waals surface area contributed by atoms with Crippen molar-refractivity contribution < 1.29 is 4.79 Å². The minimum Gasteiger partial charge on any atom is -0.347 e. The van der Waals surface area contributed by atoms with Gasteiger partial charge in [0.1, 0.15) is 5.69 Å². The fourth-order valence-corrected chi connectivity index (χ4v) is 1.88. The molecule has 3 nitrogen and oxygen atoms in total. The summed E-state index contributed by atoms with van der Waals surface area (Å²) in [5, 5.41) is 2.83. The van der Waals surface area contributed by atoms with Gasteiger partial charge in [-0.25, -0.2) is 0 Å². The maximum atomic E-state index is 11.9. The summed E-state index contributed by atoms with van der Waals surface area (Å²) in [6.07, 6.45) is 2.93. The van der Waals surface area contributed by atoms with Crippen molar-refractivity contribution in [1.29, 1.82) is 0 Å². The number of aromatic nitrogens is 1.